The van der Waals surface area contributed by atoms with E-state index < -0.39 is 0 Å². The van der Waals surface area contributed by atoms with E-state index in [2.05, 4.69) is 29.2 Å². The Hall–Kier alpha value is -0.250. The third-order valence-electron chi connectivity index (χ3n) is 1.22. The van der Waals surface area contributed by atoms with Gasteiger partial charge in [-0.25, -0.2) is 9.97 Å². The molecule has 0 spiro atoms. The summed E-state index contributed by atoms with van der Waals surface area (Å²) in [6, 6.07) is 0. The first-order valence-corrected chi connectivity index (χ1v) is 4.30. The minimum atomic E-state index is 0.107. The van der Waals surface area contributed by atoms with Crippen molar-refractivity contribution in [3.05, 3.63) is 22.7 Å². The minimum Gasteiger partial charge on any atom is -0.217 e. The molecule has 0 aliphatic rings. The van der Waals surface area contributed by atoms with Crippen LogP contribution < -0.4 is 0 Å². The van der Waals surface area contributed by atoms with E-state index in [0.29, 0.717) is 10.6 Å². The fourth-order valence-corrected chi connectivity index (χ4v) is 1.37. The maximum atomic E-state index is 5.71. The number of rotatable bonds is 1. The number of allylic oxidation sites excluding steroid dienone is 1. The van der Waals surface area contributed by atoms with Gasteiger partial charge in [-0.1, -0.05) is 18.2 Å². The molecule has 0 unspecified atom stereocenters. The van der Waals surface area contributed by atoms with Crippen LogP contribution >= 0.6 is 35.8 Å². The first kappa shape index (κ1) is 9.84. The van der Waals surface area contributed by atoms with E-state index in [0.717, 1.165) is 5.57 Å². The highest BCUT2D eigenvalue weighted by Gasteiger charge is 2.08. The molecule has 12 heavy (non-hydrogen) atoms. The van der Waals surface area contributed by atoms with E-state index in [1.54, 1.807) is 6.92 Å². The average Bonchev–Trinajstić information content (AvgIpc) is 1.96. The van der Waals surface area contributed by atoms with E-state index in [-0.39, 0.29) is 10.4 Å². The van der Waals surface area contributed by atoms with Gasteiger partial charge in [0, 0.05) is 0 Å². The Morgan fingerprint density at radius 3 is 2.50 bits per heavy atom. The molecule has 0 saturated heterocycles. The molecule has 64 valence electrons. The van der Waals surface area contributed by atoms with E-state index in [4.69, 9.17) is 23.2 Å². The highest BCUT2D eigenvalue weighted by molar-refractivity contribution is 7.80. The molecule has 0 fully saturated rings. The van der Waals surface area contributed by atoms with Gasteiger partial charge in [-0.3, -0.25) is 0 Å². The second-order valence-electron chi connectivity index (χ2n) is 2.26. The van der Waals surface area contributed by atoms with Crippen molar-refractivity contribution >= 4 is 41.4 Å². The fourth-order valence-electron chi connectivity index (χ4n) is 0.699. The van der Waals surface area contributed by atoms with Gasteiger partial charge in [-0.2, -0.15) is 0 Å². The van der Waals surface area contributed by atoms with Crippen molar-refractivity contribution < 1.29 is 0 Å². The van der Waals surface area contributed by atoms with Gasteiger partial charge in [-0.05, 0) is 24.1 Å². The van der Waals surface area contributed by atoms with Crippen LogP contribution in [0.15, 0.2) is 11.5 Å². The Labute approximate surface area is 86.0 Å². The summed E-state index contributed by atoms with van der Waals surface area (Å²) in [5, 5.41) is 0.354. The Morgan fingerprint density at radius 1 is 1.42 bits per heavy atom. The quantitative estimate of drug-likeness (QED) is 0.448. The number of hydrogen-bond acceptors (Lipinski definition) is 3. The third kappa shape index (κ3) is 1.91. The van der Waals surface area contributed by atoms with Gasteiger partial charge in [0.1, 0.15) is 5.15 Å². The lowest BCUT2D eigenvalue weighted by atomic mass is 10.2. The number of hydrogen-bond donors (Lipinski definition) is 1. The van der Waals surface area contributed by atoms with Gasteiger partial charge in [0.15, 0.2) is 0 Å². The summed E-state index contributed by atoms with van der Waals surface area (Å²) in [5.74, 6) is 0. The van der Waals surface area contributed by atoms with Gasteiger partial charge in [0.25, 0.3) is 0 Å². The monoisotopic (exact) mass is 220 g/mol. The predicted octanol–water partition coefficient (Wildman–Crippen LogP) is 3.11. The summed E-state index contributed by atoms with van der Waals surface area (Å²) in [7, 11) is 0. The molecule has 0 aliphatic heterocycles. The Kier molecular flexibility index (Phi) is 2.99. The number of aromatic nitrogens is 2. The standard InChI is InChI=1S/C7H6Cl2N2S/c1-3(2)4-5(12)6(8)11-7(9)10-4/h12H,1H2,2H3. The Bertz CT molecular complexity index is 338. The molecule has 1 aromatic rings. The van der Waals surface area contributed by atoms with Gasteiger partial charge in [0.2, 0.25) is 5.28 Å². The largest absolute Gasteiger partial charge is 0.224 e. The molecule has 1 aromatic heterocycles. The molecule has 0 bridgehead atoms. The molecule has 0 atom stereocenters. The van der Waals surface area contributed by atoms with Crippen molar-refractivity contribution in [2.75, 3.05) is 0 Å². The molecular formula is C7H6Cl2N2S. The summed E-state index contributed by atoms with van der Waals surface area (Å²) in [4.78, 5) is 8.15. The molecular weight excluding hydrogens is 215 g/mol. The maximum absolute atomic E-state index is 5.71. The molecule has 0 aromatic carbocycles. The van der Waals surface area contributed by atoms with Crippen LogP contribution in [0.2, 0.25) is 10.4 Å². The molecule has 0 radical (unpaired) electrons. The number of halogens is 2. The lowest BCUT2D eigenvalue weighted by Gasteiger charge is -2.04. The zero-order chi connectivity index (χ0) is 9.30. The van der Waals surface area contributed by atoms with Crippen molar-refractivity contribution in [1.29, 1.82) is 0 Å². The normalized spacial score (nSPS) is 10.0. The van der Waals surface area contributed by atoms with Crippen LogP contribution in [-0.2, 0) is 0 Å². The van der Waals surface area contributed by atoms with Crippen molar-refractivity contribution in [1.82, 2.24) is 9.97 Å². The SMILES string of the molecule is C=C(C)c1nc(Cl)nc(Cl)c1S. The average molecular weight is 221 g/mol. The number of nitrogens with zero attached hydrogens (tertiary/aromatic N) is 2. The highest BCUT2D eigenvalue weighted by Crippen LogP contribution is 2.26. The molecule has 0 amide bonds. The summed E-state index contributed by atoms with van der Waals surface area (Å²) >= 11 is 15.4. The van der Waals surface area contributed by atoms with Gasteiger partial charge in [0.05, 0.1) is 10.6 Å². The third-order valence-corrected chi connectivity index (χ3v) is 2.22. The van der Waals surface area contributed by atoms with Gasteiger partial charge >= 0.3 is 0 Å². The molecule has 2 nitrogen and oxygen atoms in total. The predicted molar refractivity (Wildman–Crippen MR) is 54.0 cm³/mol. The number of thiol groups is 1. The minimum absolute atomic E-state index is 0.107. The van der Waals surface area contributed by atoms with E-state index in [9.17, 15) is 0 Å². The van der Waals surface area contributed by atoms with Crippen LogP contribution in [0.1, 0.15) is 12.6 Å². The van der Waals surface area contributed by atoms with E-state index in [1.807, 2.05) is 0 Å². The topological polar surface area (TPSA) is 25.8 Å². The smallest absolute Gasteiger partial charge is 0.217 e. The first-order valence-electron chi connectivity index (χ1n) is 3.10. The van der Waals surface area contributed by atoms with Crippen LogP contribution in [0.25, 0.3) is 5.57 Å². The van der Waals surface area contributed by atoms with Crippen molar-refractivity contribution in [2.24, 2.45) is 0 Å². The van der Waals surface area contributed by atoms with Gasteiger partial charge < -0.3 is 0 Å². The second-order valence-corrected chi connectivity index (χ2v) is 3.40. The zero-order valence-corrected chi connectivity index (χ0v) is 8.71. The van der Waals surface area contributed by atoms with Crippen LogP contribution in [0.3, 0.4) is 0 Å². The van der Waals surface area contributed by atoms with Crippen molar-refractivity contribution in [3.8, 4) is 0 Å². The van der Waals surface area contributed by atoms with E-state index >= 15 is 0 Å². The highest BCUT2D eigenvalue weighted by atomic mass is 35.5. The van der Waals surface area contributed by atoms with Crippen molar-refractivity contribution in [2.45, 2.75) is 11.8 Å². The molecule has 0 aliphatic carbocycles. The molecule has 1 rings (SSSR count). The van der Waals surface area contributed by atoms with Gasteiger partial charge in [-0.15, -0.1) is 12.6 Å². The van der Waals surface area contributed by atoms with Crippen LogP contribution in [0, 0.1) is 0 Å². The van der Waals surface area contributed by atoms with Crippen LogP contribution in [-0.4, -0.2) is 9.97 Å². The van der Waals surface area contributed by atoms with E-state index in [1.165, 1.54) is 0 Å². The molecule has 0 saturated carbocycles. The fraction of sp³-hybridized carbons (Fsp3) is 0.143. The van der Waals surface area contributed by atoms with Crippen molar-refractivity contribution in [3.63, 3.8) is 0 Å². The summed E-state index contributed by atoms with van der Waals surface area (Å²) in [5.41, 5.74) is 1.34. The summed E-state index contributed by atoms with van der Waals surface area (Å²) < 4.78 is 0. The summed E-state index contributed by atoms with van der Waals surface area (Å²) in [6.07, 6.45) is 0. The zero-order valence-electron chi connectivity index (χ0n) is 6.30. The lowest BCUT2D eigenvalue weighted by Crippen LogP contribution is -1.93. The lowest BCUT2D eigenvalue weighted by molar-refractivity contribution is 1.07. The molecule has 1 heterocycles. The first-order chi connectivity index (χ1) is 5.52. The molecule has 0 N–H and O–H groups in total. The molecule has 5 heteroatoms. The maximum Gasteiger partial charge on any atom is 0.224 e. The second kappa shape index (κ2) is 3.64. The Morgan fingerprint density at radius 2 is 2.00 bits per heavy atom. The van der Waals surface area contributed by atoms with Crippen LogP contribution in [0.4, 0.5) is 0 Å². The summed E-state index contributed by atoms with van der Waals surface area (Å²) in [6.45, 7) is 5.51. The Balaban J connectivity index is 3.37. The van der Waals surface area contributed by atoms with Crippen LogP contribution in [0.5, 0.6) is 0 Å².